The fourth-order valence-electron chi connectivity index (χ4n) is 2.33. The highest BCUT2D eigenvalue weighted by Gasteiger charge is 2.13. The molecule has 0 spiro atoms. The summed E-state index contributed by atoms with van der Waals surface area (Å²) in [6.07, 6.45) is 1.15. The molecule has 3 aromatic rings. The van der Waals surface area contributed by atoms with Gasteiger partial charge in [0.05, 0.1) is 21.5 Å². The van der Waals surface area contributed by atoms with Crippen LogP contribution in [0.5, 0.6) is 5.75 Å². The molecule has 0 atom stereocenters. The van der Waals surface area contributed by atoms with Crippen LogP contribution in [0.2, 0.25) is 0 Å². The predicted molar refractivity (Wildman–Crippen MR) is 98.1 cm³/mol. The van der Waals surface area contributed by atoms with Gasteiger partial charge in [0.25, 0.3) is 0 Å². The molecule has 10 heteroatoms. The minimum absolute atomic E-state index is 0.0158. The number of rotatable bonds is 6. The molecule has 3 rings (SSSR count). The molecule has 0 saturated heterocycles. The Morgan fingerprint density at radius 2 is 1.93 bits per heavy atom. The second-order valence-electron chi connectivity index (χ2n) is 5.67. The van der Waals surface area contributed by atoms with E-state index < -0.39 is 16.4 Å². The van der Waals surface area contributed by atoms with E-state index in [2.05, 4.69) is 15.0 Å². The molecule has 2 aromatic carbocycles. The normalized spacial score (nSPS) is 11.7. The van der Waals surface area contributed by atoms with Crippen molar-refractivity contribution in [2.24, 2.45) is 0 Å². The van der Waals surface area contributed by atoms with E-state index in [4.69, 9.17) is 0 Å². The van der Waals surface area contributed by atoms with Gasteiger partial charge < -0.3 is 10.1 Å². The maximum Gasteiger partial charge on any atom is 0.387 e. The zero-order valence-electron chi connectivity index (χ0n) is 14.0. The Morgan fingerprint density at radius 1 is 1.22 bits per heavy atom. The van der Waals surface area contributed by atoms with Crippen LogP contribution in [-0.4, -0.2) is 32.2 Å². The van der Waals surface area contributed by atoms with Crippen LogP contribution in [0.4, 0.5) is 13.9 Å². The molecule has 0 saturated carbocycles. The number of thiazole rings is 1. The highest BCUT2D eigenvalue weighted by Crippen LogP contribution is 2.28. The van der Waals surface area contributed by atoms with Crippen LogP contribution < -0.4 is 10.1 Å². The van der Waals surface area contributed by atoms with E-state index in [1.54, 1.807) is 6.07 Å². The van der Waals surface area contributed by atoms with Crippen molar-refractivity contribution in [3.63, 3.8) is 0 Å². The van der Waals surface area contributed by atoms with Crippen molar-refractivity contribution in [1.29, 1.82) is 0 Å². The summed E-state index contributed by atoms with van der Waals surface area (Å²) in [5.41, 5.74) is 1.20. The molecule has 1 aromatic heterocycles. The van der Waals surface area contributed by atoms with E-state index in [-0.39, 0.29) is 23.0 Å². The third kappa shape index (κ3) is 4.98. The lowest BCUT2D eigenvalue weighted by Gasteiger charge is -2.05. The molecule has 6 nitrogen and oxygen atoms in total. The number of halogens is 2. The van der Waals surface area contributed by atoms with Crippen molar-refractivity contribution in [3.8, 4) is 5.75 Å². The van der Waals surface area contributed by atoms with Crippen molar-refractivity contribution in [2.45, 2.75) is 17.9 Å². The highest BCUT2D eigenvalue weighted by molar-refractivity contribution is 7.90. The summed E-state index contributed by atoms with van der Waals surface area (Å²) < 4.78 is 52.4. The van der Waals surface area contributed by atoms with Gasteiger partial charge in [0, 0.05) is 6.26 Å². The number of sulfone groups is 1. The van der Waals surface area contributed by atoms with E-state index >= 15 is 0 Å². The molecule has 0 aliphatic carbocycles. The molecule has 0 aliphatic heterocycles. The summed E-state index contributed by atoms with van der Waals surface area (Å²) in [5, 5.41) is 3.00. The Morgan fingerprint density at radius 3 is 2.56 bits per heavy atom. The molecule has 0 radical (unpaired) electrons. The second kappa shape index (κ2) is 7.57. The molecule has 0 fully saturated rings. The minimum atomic E-state index is -3.33. The SMILES string of the molecule is CS(=O)(=O)c1ccc2nc(NC(=O)Cc3ccc(OC(F)F)cc3)sc2c1. The Bertz CT molecular complexity index is 1080. The van der Waals surface area contributed by atoms with Crippen LogP contribution in [0.1, 0.15) is 5.56 Å². The van der Waals surface area contributed by atoms with Gasteiger partial charge in [0.2, 0.25) is 5.91 Å². The summed E-state index contributed by atoms with van der Waals surface area (Å²) in [4.78, 5) is 16.6. The number of hydrogen-bond donors (Lipinski definition) is 1. The lowest BCUT2D eigenvalue weighted by Crippen LogP contribution is -2.14. The number of anilines is 1. The Labute approximate surface area is 157 Å². The summed E-state index contributed by atoms with van der Waals surface area (Å²) >= 11 is 1.16. The van der Waals surface area contributed by atoms with Gasteiger partial charge >= 0.3 is 6.61 Å². The Balaban J connectivity index is 1.68. The van der Waals surface area contributed by atoms with Crippen LogP contribution in [0.15, 0.2) is 47.4 Å². The fraction of sp³-hybridized carbons (Fsp3) is 0.176. The van der Waals surface area contributed by atoms with Gasteiger partial charge in [-0.15, -0.1) is 0 Å². The standard InChI is InChI=1S/C17H14F2N2O4S2/c1-27(23,24)12-6-7-13-14(9-12)26-17(20-13)21-15(22)8-10-2-4-11(5-3-10)25-16(18)19/h2-7,9,16H,8H2,1H3,(H,20,21,22). The van der Waals surface area contributed by atoms with E-state index in [9.17, 15) is 22.0 Å². The molecule has 142 valence electrons. The average molecular weight is 412 g/mol. The van der Waals surface area contributed by atoms with Crippen LogP contribution in [0, 0.1) is 0 Å². The first-order chi connectivity index (χ1) is 12.7. The predicted octanol–water partition coefficient (Wildman–Crippen LogP) is 3.48. The smallest absolute Gasteiger partial charge is 0.387 e. The van der Waals surface area contributed by atoms with Gasteiger partial charge in [-0.1, -0.05) is 23.5 Å². The molecule has 0 bridgehead atoms. The first-order valence-corrected chi connectivity index (χ1v) is 10.4. The van der Waals surface area contributed by atoms with Crippen LogP contribution >= 0.6 is 11.3 Å². The number of carbonyl (C=O) groups excluding carboxylic acids is 1. The molecular weight excluding hydrogens is 398 g/mol. The van der Waals surface area contributed by atoms with E-state index in [1.807, 2.05) is 0 Å². The van der Waals surface area contributed by atoms with Crippen LogP contribution in [0.3, 0.4) is 0 Å². The Kier molecular flexibility index (Phi) is 5.38. The quantitative estimate of drug-likeness (QED) is 0.670. The second-order valence-corrected chi connectivity index (χ2v) is 8.71. The van der Waals surface area contributed by atoms with Crippen molar-refractivity contribution in [1.82, 2.24) is 4.98 Å². The number of hydrogen-bond acceptors (Lipinski definition) is 6. The monoisotopic (exact) mass is 412 g/mol. The van der Waals surface area contributed by atoms with Gasteiger partial charge in [-0.2, -0.15) is 8.78 Å². The number of nitrogens with one attached hydrogen (secondary N) is 1. The molecule has 0 aliphatic rings. The van der Waals surface area contributed by atoms with Crippen LogP contribution in [0.25, 0.3) is 10.2 Å². The number of fused-ring (bicyclic) bond motifs is 1. The molecule has 0 unspecified atom stereocenters. The maximum atomic E-state index is 12.2. The summed E-state index contributed by atoms with van der Waals surface area (Å²) in [6.45, 7) is -2.90. The van der Waals surface area contributed by atoms with Gasteiger partial charge in [0.15, 0.2) is 15.0 Å². The van der Waals surface area contributed by atoms with Crippen molar-refractivity contribution in [2.75, 3.05) is 11.6 Å². The maximum absolute atomic E-state index is 12.2. The number of benzene rings is 2. The summed E-state index contributed by atoms with van der Waals surface area (Å²) in [5.74, 6) is -0.318. The topological polar surface area (TPSA) is 85.4 Å². The number of aromatic nitrogens is 1. The molecule has 1 amide bonds. The lowest BCUT2D eigenvalue weighted by molar-refractivity contribution is -0.115. The average Bonchev–Trinajstić information content (AvgIpc) is 2.96. The summed E-state index contributed by atoms with van der Waals surface area (Å²) in [6, 6.07) is 10.3. The van der Waals surface area contributed by atoms with Gasteiger partial charge in [-0.3, -0.25) is 4.79 Å². The Hall–Kier alpha value is -2.59. The van der Waals surface area contributed by atoms with E-state index in [0.717, 1.165) is 17.6 Å². The van der Waals surface area contributed by atoms with Gasteiger partial charge in [-0.05, 0) is 35.9 Å². The number of nitrogens with zero attached hydrogens (tertiary/aromatic N) is 1. The molecule has 27 heavy (non-hydrogen) atoms. The fourth-order valence-corrected chi connectivity index (χ4v) is 3.97. The zero-order valence-corrected chi connectivity index (χ0v) is 15.6. The molecule has 1 N–H and O–H groups in total. The van der Waals surface area contributed by atoms with Crippen molar-refractivity contribution >= 4 is 42.4 Å². The van der Waals surface area contributed by atoms with Crippen molar-refractivity contribution < 1.29 is 26.7 Å². The molecule has 1 heterocycles. The van der Waals surface area contributed by atoms with Gasteiger partial charge in [-0.25, -0.2) is 13.4 Å². The zero-order chi connectivity index (χ0) is 19.6. The van der Waals surface area contributed by atoms with E-state index in [0.29, 0.717) is 20.9 Å². The van der Waals surface area contributed by atoms with Crippen LogP contribution in [-0.2, 0) is 21.1 Å². The van der Waals surface area contributed by atoms with E-state index in [1.165, 1.54) is 36.4 Å². The first-order valence-electron chi connectivity index (χ1n) is 7.65. The van der Waals surface area contributed by atoms with Crippen molar-refractivity contribution in [3.05, 3.63) is 48.0 Å². The summed E-state index contributed by atoms with van der Waals surface area (Å²) in [7, 11) is -3.33. The third-order valence-electron chi connectivity index (χ3n) is 3.55. The largest absolute Gasteiger partial charge is 0.435 e. The number of alkyl halides is 2. The minimum Gasteiger partial charge on any atom is -0.435 e. The molecular formula is C17H14F2N2O4S2. The first kappa shape index (κ1) is 19.2. The highest BCUT2D eigenvalue weighted by atomic mass is 32.2. The number of carbonyl (C=O) groups is 1. The lowest BCUT2D eigenvalue weighted by atomic mass is 10.1. The van der Waals surface area contributed by atoms with Gasteiger partial charge in [0.1, 0.15) is 5.75 Å². The third-order valence-corrected chi connectivity index (χ3v) is 5.59. The number of ether oxygens (including phenoxy) is 1. The number of amides is 1.